The molecule has 0 spiro atoms. The van der Waals surface area contributed by atoms with Gasteiger partial charge in [-0.05, 0) is 12.8 Å². The van der Waals surface area contributed by atoms with Gasteiger partial charge in [0.05, 0.1) is 6.54 Å². The predicted molar refractivity (Wildman–Crippen MR) is 98.0 cm³/mol. The van der Waals surface area contributed by atoms with Crippen LogP contribution in [0.25, 0.3) is 0 Å². The lowest BCUT2D eigenvalue weighted by atomic mass is 10.1. The van der Waals surface area contributed by atoms with E-state index in [4.69, 9.17) is 4.99 Å². The van der Waals surface area contributed by atoms with Crippen LogP contribution in [0, 0.1) is 5.92 Å². The molecule has 1 aromatic rings. The van der Waals surface area contributed by atoms with Crippen LogP contribution >= 0.6 is 11.8 Å². The molecule has 6 nitrogen and oxygen atoms in total. The molecule has 0 bridgehead atoms. The van der Waals surface area contributed by atoms with E-state index in [1.807, 2.05) is 0 Å². The molecule has 130 valence electrons. The maximum atomic E-state index is 4.83. The van der Waals surface area contributed by atoms with Crippen LogP contribution in [0.2, 0.25) is 0 Å². The van der Waals surface area contributed by atoms with Gasteiger partial charge in [-0.1, -0.05) is 20.8 Å². The lowest BCUT2D eigenvalue weighted by Gasteiger charge is -2.36. The van der Waals surface area contributed by atoms with Crippen molar-refractivity contribution in [2.24, 2.45) is 10.9 Å². The zero-order valence-electron chi connectivity index (χ0n) is 14.8. The smallest absolute Gasteiger partial charge is 0.194 e. The van der Waals surface area contributed by atoms with Gasteiger partial charge < -0.3 is 14.8 Å². The van der Waals surface area contributed by atoms with Crippen LogP contribution in [0.1, 0.15) is 33.5 Å². The van der Waals surface area contributed by atoms with Gasteiger partial charge in [0, 0.05) is 43.6 Å². The molecule has 0 radical (unpaired) electrons. The van der Waals surface area contributed by atoms with Crippen molar-refractivity contribution in [2.45, 2.75) is 45.9 Å². The van der Waals surface area contributed by atoms with Crippen LogP contribution in [-0.4, -0.2) is 62.8 Å². The second kappa shape index (κ2) is 9.15. The molecular formula is C16H30N6S. The maximum Gasteiger partial charge on any atom is 0.194 e. The van der Waals surface area contributed by atoms with E-state index >= 15 is 0 Å². The first-order valence-electron chi connectivity index (χ1n) is 8.67. The van der Waals surface area contributed by atoms with E-state index in [1.165, 1.54) is 5.75 Å². The molecule has 1 aliphatic heterocycles. The number of rotatable bonds is 6. The molecule has 1 aliphatic rings. The van der Waals surface area contributed by atoms with Crippen molar-refractivity contribution in [1.82, 2.24) is 25.0 Å². The van der Waals surface area contributed by atoms with E-state index in [9.17, 15) is 0 Å². The summed E-state index contributed by atoms with van der Waals surface area (Å²) in [6.07, 6.45) is 2.71. The van der Waals surface area contributed by atoms with Gasteiger partial charge in [-0.15, -0.1) is 10.2 Å². The van der Waals surface area contributed by atoms with E-state index in [-0.39, 0.29) is 0 Å². The molecule has 0 amide bonds. The zero-order chi connectivity index (χ0) is 16.7. The molecule has 1 saturated heterocycles. The predicted octanol–water partition coefficient (Wildman–Crippen LogP) is 1.88. The van der Waals surface area contributed by atoms with Gasteiger partial charge >= 0.3 is 0 Å². The van der Waals surface area contributed by atoms with Gasteiger partial charge in [-0.3, -0.25) is 4.99 Å². The Morgan fingerprint density at radius 3 is 3.00 bits per heavy atom. The third-order valence-corrected chi connectivity index (χ3v) is 5.63. The van der Waals surface area contributed by atoms with Crippen LogP contribution in [-0.2, 0) is 13.0 Å². The molecule has 1 fully saturated rings. The molecule has 2 heterocycles. The van der Waals surface area contributed by atoms with Crippen molar-refractivity contribution in [3.8, 4) is 0 Å². The number of aromatic nitrogens is 3. The van der Waals surface area contributed by atoms with Crippen LogP contribution in [0.5, 0.6) is 0 Å². The van der Waals surface area contributed by atoms with Crippen molar-refractivity contribution in [2.75, 3.05) is 31.9 Å². The highest BCUT2D eigenvalue weighted by Crippen LogP contribution is 2.24. The number of nitrogens with one attached hydrogen (secondary N) is 1. The summed E-state index contributed by atoms with van der Waals surface area (Å²) in [5, 5.41) is 12.2. The molecule has 1 unspecified atom stereocenters. The molecule has 1 aromatic heterocycles. The largest absolute Gasteiger partial charge is 0.357 e. The summed E-state index contributed by atoms with van der Waals surface area (Å²) in [6, 6.07) is 0. The second-order valence-electron chi connectivity index (χ2n) is 6.13. The molecule has 1 atom stereocenters. The number of aryl methyl sites for hydroxylation is 1. The van der Waals surface area contributed by atoms with E-state index in [0.717, 1.165) is 50.9 Å². The van der Waals surface area contributed by atoms with Crippen LogP contribution in [0.4, 0.5) is 0 Å². The number of thioether (sulfide) groups is 1. The molecule has 1 N–H and O–H groups in total. The summed E-state index contributed by atoms with van der Waals surface area (Å²) in [5.74, 6) is 3.96. The lowest BCUT2D eigenvalue weighted by Crippen LogP contribution is -2.49. The number of nitrogens with zero attached hydrogens (tertiary/aromatic N) is 5. The van der Waals surface area contributed by atoms with E-state index in [2.05, 4.69) is 64.4 Å². The quantitative estimate of drug-likeness (QED) is 0.634. The molecule has 23 heavy (non-hydrogen) atoms. The molecule has 0 saturated carbocycles. The minimum absolute atomic E-state index is 0.692. The Labute approximate surface area is 144 Å². The van der Waals surface area contributed by atoms with Crippen molar-refractivity contribution >= 4 is 17.7 Å². The summed E-state index contributed by atoms with van der Waals surface area (Å²) in [6.45, 7) is 13.5. The Morgan fingerprint density at radius 1 is 1.48 bits per heavy atom. The summed E-state index contributed by atoms with van der Waals surface area (Å²) in [4.78, 5) is 7.24. The number of aliphatic imine (C=N–C) groups is 1. The standard InChI is InChI=1S/C16H30N6S/c1-5-15-20-19-12-22(15)8-7-18-16(17-6-2)21-9-10-23-14(11-21)13(3)4/h12-14H,5-11H2,1-4H3,(H,17,18). The first kappa shape index (κ1) is 18.1. The monoisotopic (exact) mass is 338 g/mol. The summed E-state index contributed by atoms with van der Waals surface area (Å²) >= 11 is 2.09. The highest BCUT2D eigenvalue weighted by Gasteiger charge is 2.24. The summed E-state index contributed by atoms with van der Waals surface area (Å²) < 4.78 is 2.09. The number of hydrogen-bond donors (Lipinski definition) is 1. The Kier molecular flexibility index (Phi) is 7.20. The fraction of sp³-hybridized carbons (Fsp3) is 0.812. The summed E-state index contributed by atoms with van der Waals surface area (Å²) in [5.41, 5.74) is 0. The van der Waals surface area contributed by atoms with Crippen molar-refractivity contribution in [3.05, 3.63) is 12.2 Å². The van der Waals surface area contributed by atoms with Crippen LogP contribution in [0.15, 0.2) is 11.3 Å². The minimum atomic E-state index is 0.692. The molecular weight excluding hydrogens is 308 g/mol. The first-order chi connectivity index (χ1) is 11.2. The SMILES string of the molecule is CCNC(=NCCn1cnnc1CC)N1CCSC(C(C)C)C1. The van der Waals surface area contributed by atoms with Gasteiger partial charge in [-0.25, -0.2) is 0 Å². The van der Waals surface area contributed by atoms with Gasteiger partial charge in [0.1, 0.15) is 12.2 Å². The molecule has 0 aromatic carbocycles. The molecule has 7 heteroatoms. The van der Waals surface area contributed by atoms with Gasteiger partial charge in [0.2, 0.25) is 0 Å². The Bertz CT molecular complexity index is 499. The maximum absolute atomic E-state index is 4.83. The molecule has 2 rings (SSSR count). The number of guanidine groups is 1. The molecule has 0 aliphatic carbocycles. The van der Waals surface area contributed by atoms with Crippen molar-refractivity contribution in [3.63, 3.8) is 0 Å². The van der Waals surface area contributed by atoms with Gasteiger partial charge in [-0.2, -0.15) is 11.8 Å². The van der Waals surface area contributed by atoms with Crippen molar-refractivity contribution < 1.29 is 0 Å². The highest BCUT2D eigenvalue weighted by atomic mass is 32.2. The average Bonchev–Trinajstić information content (AvgIpc) is 3.01. The first-order valence-corrected chi connectivity index (χ1v) is 9.72. The van der Waals surface area contributed by atoms with E-state index in [0.29, 0.717) is 11.2 Å². The Morgan fingerprint density at radius 2 is 2.30 bits per heavy atom. The fourth-order valence-electron chi connectivity index (χ4n) is 2.70. The third-order valence-electron chi connectivity index (χ3n) is 4.09. The zero-order valence-corrected chi connectivity index (χ0v) is 15.6. The third kappa shape index (κ3) is 5.12. The normalized spacial score (nSPS) is 19.4. The van der Waals surface area contributed by atoms with Gasteiger partial charge in [0.15, 0.2) is 5.96 Å². The summed E-state index contributed by atoms with van der Waals surface area (Å²) in [7, 11) is 0. The van der Waals surface area contributed by atoms with E-state index < -0.39 is 0 Å². The number of hydrogen-bond acceptors (Lipinski definition) is 4. The lowest BCUT2D eigenvalue weighted by molar-refractivity contribution is 0.380. The van der Waals surface area contributed by atoms with Crippen LogP contribution in [0.3, 0.4) is 0 Å². The van der Waals surface area contributed by atoms with Crippen molar-refractivity contribution in [1.29, 1.82) is 0 Å². The highest BCUT2D eigenvalue weighted by molar-refractivity contribution is 8.00. The Hall–Kier alpha value is -1.24. The van der Waals surface area contributed by atoms with Gasteiger partial charge in [0.25, 0.3) is 0 Å². The second-order valence-corrected chi connectivity index (χ2v) is 7.48. The topological polar surface area (TPSA) is 58.3 Å². The average molecular weight is 339 g/mol. The van der Waals surface area contributed by atoms with E-state index in [1.54, 1.807) is 6.33 Å². The van der Waals surface area contributed by atoms with Crippen LogP contribution < -0.4 is 5.32 Å². The Balaban J connectivity index is 1.96. The fourth-order valence-corrected chi connectivity index (χ4v) is 4.00. The minimum Gasteiger partial charge on any atom is -0.357 e.